The molecule has 22 heavy (non-hydrogen) atoms. The molecule has 0 unspecified atom stereocenters. The lowest BCUT2D eigenvalue weighted by Crippen LogP contribution is -2.36. The molecule has 1 heterocycles. The summed E-state index contributed by atoms with van der Waals surface area (Å²) in [6.45, 7) is 1.96. The van der Waals surface area contributed by atoms with Gasteiger partial charge in [0.15, 0.2) is 0 Å². The van der Waals surface area contributed by atoms with Gasteiger partial charge in [0.2, 0.25) is 5.91 Å². The molecule has 0 aliphatic carbocycles. The highest BCUT2D eigenvalue weighted by molar-refractivity contribution is 5.90. The summed E-state index contributed by atoms with van der Waals surface area (Å²) in [7, 11) is 1.31. The van der Waals surface area contributed by atoms with E-state index in [4.69, 9.17) is 10.5 Å². The number of likely N-dealkylation sites (tertiary alicyclic amines) is 1. The number of benzene rings is 1. The largest absolute Gasteiger partial charge is 0.491 e. The molecule has 1 saturated heterocycles. The maximum Gasteiger partial charge on any atom is 0.337 e. The molecule has 0 saturated carbocycles. The van der Waals surface area contributed by atoms with Gasteiger partial charge in [-0.05, 0) is 37.5 Å². The minimum atomic E-state index is -0.446. The second kappa shape index (κ2) is 7.68. The van der Waals surface area contributed by atoms with E-state index in [0.717, 1.165) is 25.9 Å². The number of rotatable bonds is 5. The maximum absolute atomic E-state index is 12.0. The Morgan fingerprint density at radius 2 is 1.95 bits per heavy atom. The quantitative estimate of drug-likeness (QED) is 0.663. The number of hydrogen-bond donors (Lipinski definition) is 1. The molecule has 0 aromatic heterocycles. The minimum Gasteiger partial charge on any atom is -0.491 e. The van der Waals surface area contributed by atoms with Crippen molar-refractivity contribution in [3.8, 4) is 5.75 Å². The molecule has 1 aliphatic heterocycles. The summed E-state index contributed by atoms with van der Waals surface area (Å²) in [6, 6.07) is 4.71. The van der Waals surface area contributed by atoms with Crippen molar-refractivity contribution in [2.45, 2.75) is 25.7 Å². The van der Waals surface area contributed by atoms with E-state index in [9.17, 15) is 9.59 Å². The first-order chi connectivity index (χ1) is 10.6. The van der Waals surface area contributed by atoms with Gasteiger partial charge in [0.1, 0.15) is 5.75 Å². The highest BCUT2D eigenvalue weighted by atomic mass is 16.5. The number of ether oxygens (including phenoxy) is 2. The molecule has 0 bridgehead atoms. The van der Waals surface area contributed by atoms with Gasteiger partial charge < -0.3 is 20.1 Å². The van der Waals surface area contributed by atoms with Gasteiger partial charge in [-0.15, -0.1) is 0 Å². The topological polar surface area (TPSA) is 81.9 Å². The lowest BCUT2D eigenvalue weighted by molar-refractivity contribution is -0.132. The molecular formula is C16H22N2O4. The molecule has 6 heteroatoms. The Bertz CT molecular complexity index is 539. The number of anilines is 1. The van der Waals surface area contributed by atoms with Crippen molar-refractivity contribution < 1.29 is 19.1 Å². The van der Waals surface area contributed by atoms with Gasteiger partial charge in [0.25, 0.3) is 0 Å². The number of carbonyl (C=O) groups is 2. The van der Waals surface area contributed by atoms with Crippen molar-refractivity contribution in [1.82, 2.24) is 4.90 Å². The predicted molar refractivity (Wildman–Crippen MR) is 82.7 cm³/mol. The third-order valence-electron chi connectivity index (χ3n) is 3.71. The summed E-state index contributed by atoms with van der Waals surface area (Å²) in [5.74, 6) is 0.141. The molecule has 0 atom stereocenters. The maximum atomic E-state index is 12.0. The van der Waals surface area contributed by atoms with Crippen molar-refractivity contribution in [2.75, 3.05) is 32.5 Å². The Hall–Kier alpha value is -2.24. The fourth-order valence-electron chi connectivity index (χ4n) is 2.47. The van der Waals surface area contributed by atoms with Crippen LogP contribution in [0.5, 0.6) is 5.75 Å². The number of nitrogens with zero attached hydrogens (tertiary/aromatic N) is 1. The zero-order valence-corrected chi connectivity index (χ0v) is 12.8. The van der Waals surface area contributed by atoms with Crippen LogP contribution in [0.15, 0.2) is 18.2 Å². The summed E-state index contributed by atoms with van der Waals surface area (Å²) in [4.78, 5) is 25.3. The van der Waals surface area contributed by atoms with E-state index in [-0.39, 0.29) is 12.5 Å². The number of carbonyl (C=O) groups excluding carboxylic acids is 2. The zero-order valence-electron chi connectivity index (χ0n) is 12.8. The second-order valence-corrected chi connectivity index (χ2v) is 5.28. The van der Waals surface area contributed by atoms with Crippen LogP contribution in [0.4, 0.5) is 5.69 Å². The number of amides is 1. The Morgan fingerprint density at radius 3 is 2.59 bits per heavy atom. The van der Waals surface area contributed by atoms with Crippen LogP contribution in [0.2, 0.25) is 0 Å². The monoisotopic (exact) mass is 306 g/mol. The molecule has 1 fully saturated rings. The number of nitrogen functional groups attached to an aromatic ring is 1. The van der Waals surface area contributed by atoms with E-state index < -0.39 is 5.97 Å². The average Bonchev–Trinajstić information content (AvgIpc) is 2.56. The second-order valence-electron chi connectivity index (χ2n) is 5.28. The van der Waals surface area contributed by atoms with E-state index >= 15 is 0 Å². The normalized spacial score (nSPS) is 14.5. The first-order valence-electron chi connectivity index (χ1n) is 7.50. The highest BCUT2D eigenvalue weighted by Crippen LogP contribution is 2.23. The van der Waals surface area contributed by atoms with Gasteiger partial charge in [-0.1, -0.05) is 0 Å². The molecular weight excluding hydrogens is 284 g/mol. The smallest absolute Gasteiger partial charge is 0.337 e. The van der Waals surface area contributed by atoms with Crippen LogP contribution < -0.4 is 10.5 Å². The first-order valence-corrected chi connectivity index (χ1v) is 7.50. The Labute approximate surface area is 130 Å². The standard InChI is InChI=1S/C16H22N2O4/c1-21-16(20)12-5-6-14(13(17)11-12)22-10-7-15(19)18-8-3-2-4-9-18/h5-6,11H,2-4,7-10,17H2,1H3. The van der Waals surface area contributed by atoms with Crippen LogP contribution in [0.1, 0.15) is 36.0 Å². The Balaban J connectivity index is 1.83. The number of hydrogen-bond acceptors (Lipinski definition) is 5. The van der Waals surface area contributed by atoms with Crippen LogP contribution in [0.25, 0.3) is 0 Å². The summed E-state index contributed by atoms with van der Waals surface area (Å²) in [5, 5.41) is 0. The zero-order chi connectivity index (χ0) is 15.9. The molecule has 0 radical (unpaired) electrons. The Kier molecular flexibility index (Phi) is 5.63. The SMILES string of the molecule is COC(=O)c1ccc(OCCC(=O)N2CCCCC2)c(N)c1. The molecule has 2 N–H and O–H groups in total. The number of nitrogens with two attached hydrogens (primary N) is 1. The van der Waals surface area contributed by atoms with E-state index in [0.29, 0.717) is 23.4 Å². The number of methoxy groups -OCH3 is 1. The van der Waals surface area contributed by atoms with Gasteiger partial charge in [-0.2, -0.15) is 0 Å². The van der Waals surface area contributed by atoms with Gasteiger partial charge in [-0.3, -0.25) is 4.79 Å². The van der Waals surface area contributed by atoms with Crippen LogP contribution in [0, 0.1) is 0 Å². The van der Waals surface area contributed by atoms with Gasteiger partial charge in [-0.25, -0.2) is 4.79 Å². The predicted octanol–water partition coefficient (Wildman–Crippen LogP) is 1.84. The van der Waals surface area contributed by atoms with Gasteiger partial charge in [0, 0.05) is 13.1 Å². The molecule has 1 aromatic rings. The highest BCUT2D eigenvalue weighted by Gasteiger charge is 2.16. The lowest BCUT2D eigenvalue weighted by Gasteiger charge is -2.26. The van der Waals surface area contributed by atoms with Gasteiger partial charge in [0.05, 0.1) is 31.4 Å². The Morgan fingerprint density at radius 1 is 1.23 bits per heavy atom. The molecule has 1 aliphatic rings. The lowest BCUT2D eigenvalue weighted by atomic mass is 10.1. The van der Waals surface area contributed by atoms with Crippen molar-refractivity contribution in [3.63, 3.8) is 0 Å². The van der Waals surface area contributed by atoms with E-state index in [2.05, 4.69) is 4.74 Å². The third kappa shape index (κ3) is 4.13. The van der Waals surface area contributed by atoms with E-state index in [1.54, 1.807) is 12.1 Å². The molecule has 1 aromatic carbocycles. The van der Waals surface area contributed by atoms with Crippen LogP contribution in [0.3, 0.4) is 0 Å². The van der Waals surface area contributed by atoms with E-state index in [1.807, 2.05) is 4.90 Å². The molecule has 0 spiro atoms. The van der Waals surface area contributed by atoms with Crippen molar-refractivity contribution >= 4 is 17.6 Å². The van der Waals surface area contributed by atoms with Crippen molar-refractivity contribution in [3.05, 3.63) is 23.8 Å². The first kappa shape index (κ1) is 16.1. The summed E-state index contributed by atoms with van der Waals surface area (Å²) in [6.07, 6.45) is 3.69. The van der Waals surface area contributed by atoms with Crippen LogP contribution in [-0.4, -0.2) is 43.6 Å². The van der Waals surface area contributed by atoms with Crippen molar-refractivity contribution in [2.24, 2.45) is 0 Å². The van der Waals surface area contributed by atoms with Crippen LogP contribution >= 0.6 is 0 Å². The molecule has 120 valence electrons. The van der Waals surface area contributed by atoms with Gasteiger partial charge >= 0.3 is 5.97 Å². The minimum absolute atomic E-state index is 0.115. The van der Waals surface area contributed by atoms with E-state index in [1.165, 1.54) is 19.6 Å². The summed E-state index contributed by atoms with van der Waals surface area (Å²) >= 11 is 0. The molecule has 6 nitrogen and oxygen atoms in total. The molecule has 1 amide bonds. The third-order valence-corrected chi connectivity index (χ3v) is 3.71. The fourth-order valence-corrected chi connectivity index (χ4v) is 2.47. The summed E-state index contributed by atoms with van der Waals surface area (Å²) in [5.41, 5.74) is 6.57. The number of piperidine rings is 1. The summed E-state index contributed by atoms with van der Waals surface area (Å²) < 4.78 is 10.2. The number of esters is 1. The van der Waals surface area contributed by atoms with Crippen LogP contribution in [-0.2, 0) is 9.53 Å². The fraction of sp³-hybridized carbons (Fsp3) is 0.500. The average molecular weight is 306 g/mol. The van der Waals surface area contributed by atoms with Crippen molar-refractivity contribution in [1.29, 1.82) is 0 Å². The molecule has 2 rings (SSSR count).